The number of amides is 1. The summed E-state index contributed by atoms with van der Waals surface area (Å²) in [7, 11) is -2.87. The molecule has 2 unspecified atom stereocenters. The van der Waals surface area contributed by atoms with Crippen LogP contribution < -0.4 is 5.32 Å². The van der Waals surface area contributed by atoms with Gasteiger partial charge in [0.1, 0.15) is 0 Å². The monoisotopic (exact) mass is 419 g/mol. The van der Waals surface area contributed by atoms with E-state index in [4.69, 9.17) is 23.2 Å². The van der Waals surface area contributed by atoms with E-state index in [9.17, 15) is 13.2 Å². The Morgan fingerprint density at radius 1 is 1.23 bits per heavy atom. The minimum atomic E-state index is -2.87. The third-order valence-electron chi connectivity index (χ3n) is 5.19. The summed E-state index contributed by atoms with van der Waals surface area (Å²) in [6.07, 6.45) is 0.714. The van der Waals surface area contributed by atoms with E-state index in [-0.39, 0.29) is 29.5 Å². The zero-order chi connectivity index (χ0) is 18.9. The number of carbonyl (C=O) groups is 1. The van der Waals surface area contributed by atoms with Crippen LogP contribution in [0.15, 0.2) is 18.2 Å². The Kier molecular flexibility index (Phi) is 6.14. The number of sulfone groups is 1. The summed E-state index contributed by atoms with van der Waals surface area (Å²) in [6, 6.07) is 4.77. The number of nitrogens with zero attached hydrogens (tertiary/aromatic N) is 2. The SMILES string of the molecule is CC(C(=O)Nc1cc(Cl)ccc1Cl)N1CCN(C2CCS(=O)(=O)C2)CC1. The molecular formula is C17H23Cl2N3O3S. The lowest BCUT2D eigenvalue weighted by molar-refractivity contribution is -0.121. The molecule has 2 aliphatic rings. The van der Waals surface area contributed by atoms with Crippen LogP contribution in [0.3, 0.4) is 0 Å². The molecule has 1 N–H and O–H groups in total. The molecule has 26 heavy (non-hydrogen) atoms. The first-order valence-corrected chi connectivity index (χ1v) is 11.3. The minimum absolute atomic E-state index is 0.122. The molecule has 1 aromatic carbocycles. The highest BCUT2D eigenvalue weighted by atomic mass is 35.5. The van der Waals surface area contributed by atoms with Crippen LogP contribution in [0.4, 0.5) is 5.69 Å². The lowest BCUT2D eigenvalue weighted by atomic mass is 10.1. The fourth-order valence-electron chi connectivity index (χ4n) is 3.55. The standard InChI is InChI=1S/C17H23Cl2N3O3S/c1-12(17(23)20-16-10-13(18)2-3-15(16)19)21-5-7-22(8-6-21)14-4-9-26(24,25)11-14/h2-3,10,12,14H,4-9,11H2,1H3,(H,20,23). The van der Waals surface area contributed by atoms with E-state index in [1.807, 2.05) is 6.92 Å². The minimum Gasteiger partial charge on any atom is -0.323 e. The summed E-state index contributed by atoms with van der Waals surface area (Å²) in [5, 5.41) is 3.79. The summed E-state index contributed by atoms with van der Waals surface area (Å²) in [6.45, 7) is 4.87. The number of nitrogens with one attached hydrogen (secondary N) is 1. The van der Waals surface area contributed by atoms with Gasteiger partial charge in [0.25, 0.3) is 0 Å². The van der Waals surface area contributed by atoms with E-state index in [1.165, 1.54) is 0 Å². The Bertz CT molecular complexity index is 779. The van der Waals surface area contributed by atoms with Crippen LogP contribution in [0.5, 0.6) is 0 Å². The molecular weight excluding hydrogens is 397 g/mol. The average molecular weight is 420 g/mol. The van der Waals surface area contributed by atoms with Gasteiger partial charge in [0, 0.05) is 37.2 Å². The molecule has 144 valence electrons. The molecule has 0 spiro atoms. The second-order valence-electron chi connectivity index (χ2n) is 6.92. The van der Waals surface area contributed by atoms with Crippen molar-refractivity contribution in [2.75, 3.05) is 43.0 Å². The highest BCUT2D eigenvalue weighted by Crippen LogP contribution is 2.26. The van der Waals surface area contributed by atoms with Crippen LogP contribution in [-0.4, -0.2) is 73.9 Å². The Labute approximate surface area is 164 Å². The van der Waals surface area contributed by atoms with E-state index in [2.05, 4.69) is 15.1 Å². The molecule has 0 aromatic heterocycles. The predicted molar refractivity (Wildman–Crippen MR) is 105 cm³/mol. The molecule has 0 saturated carbocycles. The van der Waals surface area contributed by atoms with Gasteiger partial charge in [0.15, 0.2) is 9.84 Å². The normalized spacial score (nSPS) is 25.1. The molecule has 2 heterocycles. The maximum Gasteiger partial charge on any atom is 0.241 e. The van der Waals surface area contributed by atoms with Crippen molar-refractivity contribution in [3.63, 3.8) is 0 Å². The molecule has 3 rings (SSSR count). The van der Waals surface area contributed by atoms with E-state index in [0.29, 0.717) is 22.2 Å². The Balaban J connectivity index is 1.54. The third-order valence-corrected chi connectivity index (χ3v) is 7.50. The van der Waals surface area contributed by atoms with Crippen molar-refractivity contribution in [3.8, 4) is 0 Å². The smallest absolute Gasteiger partial charge is 0.241 e. The van der Waals surface area contributed by atoms with Gasteiger partial charge >= 0.3 is 0 Å². The summed E-state index contributed by atoms with van der Waals surface area (Å²) in [5.41, 5.74) is 0.505. The Morgan fingerprint density at radius 2 is 1.92 bits per heavy atom. The summed E-state index contributed by atoms with van der Waals surface area (Å²) >= 11 is 12.1. The Hall–Kier alpha value is -0.860. The highest BCUT2D eigenvalue weighted by Gasteiger charge is 2.35. The molecule has 2 atom stereocenters. The molecule has 2 fully saturated rings. The van der Waals surface area contributed by atoms with Crippen molar-refractivity contribution in [2.24, 2.45) is 0 Å². The van der Waals surface area contributed by atoms with Crippen LogP contribution in [0, 0.1) is 0 Å². The van der Waals surface area contributed by atoms with Crippen molar-refractivity contribution in [1.29, 1.82) is 0 Å². The van der Waals surface area contributed by atoms with Gasteiger partial charge in [0.2, 0.25) is 5.91 Å². The topological polar surface area (TPSA) is 69.7 Å². The van der Waals surface area contributed by atoms with Gasteiger partial charge in [-0.25, -0.2) is 8.42 Å². The maximum absolute atomic E-state index is 12.6. The maximum atomic E-state index is 12.6. The average Bonchev–Trinajstić information content (AvgIpc) is 2.97. The molecule has 2 aliphatic heterocycles. The van der Waals surface area contributed by atoms with Crippen LogP contribution in [-0.2, 0) is 14.6 Å². The van der Waals surface area contributed by atoms with E-state index in [0.717, 1.165) is 26.2 Å². The van der Waals surface area contributed by atoms with Gasteiger partial charge in [-0.1, -0.05) is 23.2 Å². The van der Waals surface area contributed by atoms with Crippen molar-refractivity contribution >= 4 is 44.6 Å². The number of carbonyl (C=O) groups excluding carboxylic acids is 1. The van der Waals surface area contributed by atoms with Gasteiger partial charge in [-0.3, -0.25) is 14.6 Å². The Morgan fingerprint density at radius 3 is 2.54 bits per heavy atom. The van der Waals surface area contributed by atoms with Crippen molar-refractivity contribution < 1.29 is 13.2 Å². The summed E-state index contributed by atoms with van der Waals surface area (Å²) in [5.74, 6) is 0.416. The van der Waals surface area contributed by atoms with Crippen molar-refractivity contribution in [3.05, 3.63) is 28.2 Å². The second kappa shape index (κ2) is 8.02. The van der Waals surface area contributed by atoms with Crippen molar-refractivity contribution in [1.82, 2.24) is 9.80 Å². The lowest BCUT2D eigenvalue weighted by Crippen LogP contribution is -2.55. The summed E-state index contributed by atoms with van der Waals surface area (Å²) in [4.78, 5) is 16.9. The first-order valence-electron chi connectivity index (χ1n) is 8.69. The molecule has 6 nitrogen and oxygen atoms in total. The van der Waals surface area contributed by atoms with Gasteiger partial charge in [-0.2, -0.15) is 0 Å². The van der Waals surface area contributed by atoms with Crippen LogP contribution in [0.1, 0.15) is 13.3 Å². The van der Waals surface area contributed by atoms with Gasteiger partial charge in [-0.15, -0.1) is 0 Å². The van der Waals surface area contributed by atoms with Crippen LogP contribution in [0.2, 0.25) is 10.0 Å². The molecule has 0 radical (unpaired) electrons. The van der Waals surface area contributed by atoms with Crippen LogP contribution in [0.25, 0.3) is 0 Å². The molecule has 9 heteroatoms. The number of piperazine rings is 1. The number of halogens is 2. The van der Waals surface area contributed by atoms with Gasteiger partial charge < -0.3 is 5.32 Å². The van der Waals surface area contributed by atoms with E-state index < -0.39 is 9.84 Å². The molecule has 0 aliphatic carbocycles. The zero-order valence-corrected chi connectivity index (χ0v) is 16.9. The quantitative estimate of drug-likeness (QED) is 0.808. The lowest BCUT2D eigenvalue weighted by Gasteiger charge is -2.39. The van der Waals surface area contributed by atoms with E-state index in [1.54, 1.807) is 18.2 Å². The summed E-state index contributed by atoms with van der Waals surface area (Å²) < 4.78 is 23.3. The van der Waals surface area contributed by atoms with Gasteiger partial charge in [0.05, 0.1) is 28.3 Å². The fourth-order valence-corrected chi connectivity index (χ4v) is 5.65. The van der Waals surface area contributed by atoms with E-state index >= 15 is 0 Å². The second-order valence-corrected chi connectivity index (χ2v) is 9.99. The van der Waals surface area contributed by atoms with Gasteiger partial charge in [-0.05, 0) is 31.5 Å². The number of benzene rings is 1. The van der Waals surface area contributed by atoms with Crippen molar-refractivity contribution in [2.45, 2.75) is 25.4 Å². The molecule has 1 amide bonds. The highest BCUT2D eigenvalue weighted by molar-refractivity contribution is 7.91. The first kappa shape index (κ1) is 19.9. The molecule has 1 aromatic rings. The molecule has 0 bridgehead atoms. The number of rotatable bonds is 4. The number of anilines is 1. The fraction of sp³-hybridized carbons (Fsp3) is 0.588. The van der Waals surface area contributed by atoms with Crippen LogP contribution >= 0.6 is 23.2 Å². The molecule has 2 saturated heterocycles. The number of hydrogen-bond acceptors (Lipinski definition) is 5. The number of hydrogen-bond donors (Lipinski definition) is 1. The largest absolute Gasteiger partial charge is 0.323 e. The first-order chi connectivity index (χ1) is 12.2. The predicted octanol–water partition coefficient (Wildman–Crippen LogP) is 2.13. The zero-order valence-electron chi connectivity index (χ0n) is 14.6. The third kappa shape index (κ3) is 4.70.